The Morgan fingerprint density at radius 3 is 1.50 bits per heavy atom. The number of carboxylic acid groups (broad SMARTS) is 2. The highest BCUT2D eigenvalue weighted by molar-refractivity contribution is 5.94. The Bertz CT molecular complexity index is 1910. The Balaban J connectivity index is 0.000000280. The van der Waals surface area contributed by atoms with Crippen LogP contribution in [0, 0.1) is 29.4 Å². The molecule has 0 aliphatic heterocycles. The smallest absolute Gasteiger partial charge is 0.337 e. The van der Waals surface area contributed by atoms with E-state index in [4.69, 9.17) is 9.47 Å². The van der Waals surface area contributed by atoms with E-state index in [1.165, 1.54) is 30.3 Å². The number of allylic oxidation sites excluding steroid dienone is 2. The van der Waals surface area contributed by atoms with Crippen molar-refractivity contribution in [2.45, 2.75) is 75.2 Å². The predicted octanol–water partition coefficient (Wildman–Crippen LogP) is 10.8. The molecule has 0 spiro atoms. The lowest BCUT2D eigenvalue weighted by molar-refractivity contribution is 0.0684. The largest absolute Gasteiger partial charge is 0.493 e. The molecule has 0 aliphatic carbocycles. The summed E-state index contributed by atoms with van der Waals surface area (Å²) in [5.41, 5.74) is 5.12. The summed E-state index contributed by atoms with van der Waals surface area (Å²) in [6.45, 7) is 20.7. The van der Waals surface area contributed by atoms with Crippen LogP contribution in [-0.2, 0) is 0 Å². The Morgan fingerprint density at radius 2 is 1.10 bits per heavy atom. The molecule has 52 heavy (non-hydrogen) atoms. The number of aromatic carboxylic acids is 2. The van der Waals surface area contributed by atoms with Crippen LogP contribution in [0.2, 0.25) is 0 Å². The minimum atomic E-state index is -1.04. The third-order valence-corrected chi connectivity index (χ3v) is 8.32. The van der Waals surface area contributed by atoms with Crippen LogP contribution in [0.1, 0.15) is 107 Å². The summed E-state index contributed by atoms with van der Waals surface area (Å²) >= 11 is 0. The van der Waals surface area contributed by atoms with Gasteiger partial charge in [-0.3, -0.25) is 4.98 Å². The number of benzene rings is 2. The number of halogens is 2. The molecule has 4 aromatic rings. The van der Waals surface area contributed by atoms with Crippen molar-refractivity contribution in [1.29, 1.82) is 0 Å². The summed E-state index contributed by atoms with van der Waals surface area (Å²) in [6.07, 6.45) is 0. The lowest BCUT2D eigenvalue weighted by Crippen LogP contribution is -2.12. The molecule has 0 radical (unpaired) electrons. The zero-order valence-electron chi connectivity index (χ0n) is 31.7. The van der Waals surface area contributed by atoms with Crippen LogP contribution in [0.15, 0.2) is 66.2 Å². The number of pyridine rings is 2. The summed E-state index contributed by atoms with van der Waals surface area (Å²) in [5, 5.41) is 18.9. The van der Waals surface area contributed by atoms with Crippen molar-refractivity contribution in [2.75, 3.05) is 13.2 Å². The molecule has 0 bridgehead atoms. The first-order chi connectivity index (χ1) is 24.4. The van der Waals surface area contributed by atoms with Gasteiger partial charge in [-0.15, -0.1) is 0 Å². The molecule has 2 N–H and O–H groups in total. The number of carbonyl (C=O) groups is 2. The van der Waals surface area contributed by atoms with Crippen molar-refractivity contribution < 1.29 is 38.1 Å². The van der Waals surface area contributed by atoms with E-state index in [2.05, 4.69) is 9.97 Å². The lowest BCUT2D eigenvalue weighted by Gasteiger charge is -2.18. The number of ether oxygens (including phenoxy) is 2. The van der Waals surface area contributed by atoms with Gasteiger partial charge in [0.05, 0.1) is 47.1 Å². The number of aromatic nitrogens is 2. The number of nitrogens with zero attached hydrogens (tertiary/aromatic N) is 2. The molecule has 0 amide bonds. The van der Waals surface area contributed by atoms with Crippen molar-refractivity contribution >= 4 is 17.5 Å². The normalized spacial score (nSPS) is 11.6. The SMILES string of the molecule is CC(C)=C(C)c1nc(-c2cc(F)cc(OCC(C)C)c2)ccc1C(=O)O.CC(C)COc1cc(F)cc(-c2ccc(C(=O)O)c(C(C)C(C)C)n2)c1. The highest BCUT2D eigenvalue weighted by Gasteiger charge is 2.21. The van der Waals surface area contributed by atoms with Crippen molar-refractivity contribution in [1.82, 2.24) is 9.97 Å². The highest BCUT2D eigenvalue weighted by atomic mass is 19.1. The van der Waals surface area contributed by atoms with Gasteiger partial charge in [0.25, 0.3) is 0 Å². The zero-order chi connectivity index (χ0) is 38.9. The molecule has 0 aliphatic rings. The first-order valence-corrected chi connectivity index (χ1v) is 17.4. The van der Waals surface area contributed by atoms with E-state index in [1.54, 1.807) is 30.3 Å². The van der Waals surface area contributed by atoms with E-state index in [0.29, 0.717) is 70.5 Å². The second kappa shape index (κ2) is 18.4. The van der Waals surface area contributed by atoms with Crippen molar-refractivity contribution in [2.24, 2.45) is 17.8 Å². The van der Waals surface area contributed by atoms with Crippen LogP contribution < -0.4 is 9.47 Å². The van der Waals surface area contributed by atoms with Crippen LogP contribution in [0.25, 0.3) is 28.1 Å². The van der Waals surface area contributed by atoms with Crippen LogP contribution in [-0.4, -0.2) is 45.3 Å². The number of hydrogen-bond donors (Lipinski definition) is 2. The van der Waals surface area contributed by atoms with Crippen LogP contribution in [0.5, 0.6) is 11.5 Å². The van der Waals surface area contributed by atoms with Gasteiger partial charge in [0.2, 0.25) is 0 Å². The third kappa shape index (κ3) is 11.4. The minimum absolute atomic E-state index is 0.0359. The van der Waals surface area contributed by atoms with Crippen LogP contribution >= 0.6 is 0 Å². The first-order valence-electron chi connectivity index (χ1n) is 17.4. The summed E-state index contributed by atoms with van der Waals surface area (Å²) in [6, 6.07) is 15.1. The van der Waals surface area contributed by atoms with Crippen molar-refractivity contribution in [3.05, 3.63) is 100 Å². The number of hydrogen-bond acceptors (Lipinski definition) is 6. The van der Waals surface area contributed by atoms with E-state index in [0.717, 1.165) is 11.1 Å². The maximum atomic E-state index is 14.0. The molecule has 10 heteroatoms. The van der Waals surface area contributed by atoms with Gasteiger partial charge >= 0.3 is 11.9 Å². The maximum Gasteiger partial charge on any atom is 0.337 e. The fourth-order valence-electron chi connectivity index (χ4n) is 4.91. The molecular formula is C42H50F2N2O6. The molecule has 0 saturated heterocycles. The second-order valence-corrected chi connectivity index (χ2v) is 14.3. The van der Waals surface area contributed by atoms with Gasteiger partial charge in [0, 0.05) is 29.2 Å². The maximum absolute atomic E-state index is 14.0. The summed E-state index contributed by atoms with van der Waals surface area (Å²) in [5.74, 6) is -1.18. The summed E-state index contributed by atoms with van der Waals surface area (Å²) in [4.78, 5) is 32.1. The molecule has 278 valence electrons. The Hall–Kier alpha value is -5.12. The molecular weight excluding hydrogens is 666 g/mol. The van der Waals surface area contributed by atoms with Crippen LogP contribution in [0.3, 0.4) is 0 Å². The van der Waals surface area contributed by atoms with Crippen LogP contribution in [0.4, 0.5) is 8.78 Å². The van der Waals surface area contributed by atoms with Gasteiger partial charge in [0.15, 0.2) is 0 Å². The molecule has 0 saturated carbocycles. The van der Waals surface area contributed by atoms with Gasteiger partial charge in [0.1, 0.15) is 23.1 Å². The Labute approximate surface area is 305 Å². The third-order valence-electron chi connectivity index (χ3n) is 8.32. The van der Waals surface area contributed by atoms with Crippen molar-refractivity contribution in [3.63, 3.8) is 0 Å². The minimum Gasteiger partial charge on any atom is -0.493 e. The van der Waals surface area contributed by atoms with Gasteiger partial charge < -0.3 is 19.7 Å². The van der Waals surface area contributed by atoms with Gasteiger partial charge in [-0.2, -0.15) is 0 Å². The second-order valence-electron chi connectivity index (χ2n) is 14.3. The molecule has 2 aromatic carbocycles. The summed E-state index contributed by atoms with van der Waals surface area (Å²) in [7, 11) is 0. The van der Waals surface area contributed by atoms with Crippen molar-refractivity contribution in [3.8, 4) is 34.0 Å². The van der Waals surface area contributed by atoms with Gasteiger partial charge in [-0.1, -0.05) is 54.0 Å². The first kappa shape index (κ1) is 41.3. The highest BCUT2D eigenvalue weighted by Crippen LogP contribution is 2.31. The van der Waals surface area contributed by atoms with E-state index < -0.39 is 23.6 Å². The average Bonchev–Trinajstić information content (AvgIpc) is 3.08. The molecule has 4 rings (SSSR count). The van der Waals surface area contributed by atoms with E-state index in [1.807, 2.05) is 69.2 Å². The molecule has 2 heterocycles. The Kier molecular flexibility index (Phi) is 14.6. The number of rotatable bonds is 13. The molecule has 1 unspecified atom stereocenters. The zero-order valence-corrected chi connectivity index (χ0v) is 31.7. The van der Waals surface area contributed by atoms with Gasteiger partial charge in [-0.05, 0) is 92.6 Å². The van der Waals surface area contributed by atoms with Gasteiger partial charge in [-0.25, -0.2) is 23.4 Å². The quantitative estimate of drug-likeness (QED) is 0.140. The van der Waals surface area contributed by atoms with E-state index >= 15 is 0 Å². The standard InChI is InChI=1S/C21H26FNO3.C21H24FNO3/c2*1-12(2)11-26-17-9-15(8-16(22)10-17)19-7-6-18(21(24)25)20(23-19)14(5)13(3)4/h6-10,12-14H,11H2,1-5H3,(H,24,25);6-10,12H,11H2,1-5H3,(H,24,25). The molecule has 0 fully saturated rings. The average molecular weight is 717 g/mol. The molecule has 8 nitrogen and oxygen atoms in total. The Morgan fingerprint density at radius 1 is 0.654 bits per heavy atom. The fourth-order valence-corrected chi connectivity index (χ4v) is 4.91. The topological polar surface area (TPSA) is 119 Å². The predicted molar refractivity (Wildman–Crippen MR) is 201 cm³/mol. The number of carboxylic acids is 2. The molecule has 2 aromatic heterocycles. The monoisotopic (exact) mass is 716 g/mol. The fraction of sp³-hybridized carbons (Fsp3) is 0.381. The lowest BCUT2D eigenvalue weighted by atomic mass is 9.90. The molecule has 1 atom stereocenters. The summed E-state index contributed by atoms with van der Waals surface area (Å²) < 4.78 is 39.3. The van der Waals surface area contributed by atoms with E-state index in [-0.39, 0.29) is 23.0 Å². The van der Waals surface area contributed by atoms with E-state index in [9.17, 15) is 28.6 Å².